The van der Waals surface area contributed by atoms with E-state index in [0.29, 0.717) is 23.5 Å². The van der Waals surface area contributed by atoms with E-state index in [2.05, 4.69) is 42.1 Å². The Labute approximate surface area is 222 Å². The van der Waals surface area contributed by atoms with Crippen LogP contribution in [-0.4, -0.2) is 48.2 Å². The zero-order chi connectivity index (χ0) is 24.1. The second kappa shape index (κ2) is 12.9. The maximum absolute atomic E-state index is 13.1. The number of rotatable bonds is 7. The van der Waals surface area contributed by atoms with Gasteiger partial charge in [-0.3, -0.25) is 14.5 Å². The number of ether oxygens (including phenoxy) is 2. The molecule has 7 nitrogen and oxygen atoms in total. The van der Waals surface area contributed by atoms with Crippen LogP contribution in [-0.2, 0) is 11.3 Å². The highest BCUT2D eigenvalue weighted by molar-refractivity contribution is 9.11. The number of hydrogen-bond donors (Lipinski definition) is 2. The van der Waals surface area contributed by atoms with E-state index in [1.54, 1.807) is 6.07 Å². The molecule has 0 aromatic heterocycles. The minimum Gasteiger partial charge on any atom is -0.493 e. The number of halogens is 3. The van der Waals surface area contributed by atoms with Crippen molar-refractivity contribution >= 4 is 61.8 Å². The Morgan fingerprint density at radius 1 is 1.18 bits per heavy atom. The summed E-state index contributed by atoms with van der Waals surface area (Å²) in [6, 6.07) is 8.81. The summed E-state index contributed by atoms with van der Waals surface area (Å²) >= 11 is 7.12. The van der Waals surface area contributed by atoms with Gasteiger partial charge in [-0.05, 0) is 84.6 Å². The van der Waals surface area contributed by atoms with Crippen LogP contribution in [0.25, 0.3) is 0 Å². The molecule has 2 aromatic carbocycles. The number of anilines is 1. The number of carbonyl (C=O) groups is 2. The Morgan fingerprint density at radius 2 is 1.91 bits per heavy atom. The van der Waals surface area contributed by atoms with Crippen LogP contribution in [0.3, 0.4) is 0 Å². The van der Waals surface area contributed by atoms with Crippen molar-refractivity contribution < 1.29 is 24.2 Å². The fraction of sp³-hybridized carbons (Fsp3) is 0.417. The van der Waals surface area contributed by atoms with Crippen LogP contribution in [0.5, 0.6) is 11.5 Å². The third-order valence-corrected chi connectivity index (χ3v) is 6.80. The minimum atomic E-state index is -0.469. The Morgan fingerprint density at radius 3 is 2.56 bits per heavy atom. The summed E-state index contributed by atoms with van der Waals surface area (Å²) in [5.41, 5.74) is 1.98. The first-order valence-corrected chi connectivity index (χ1v) is 12.3. The van der Waals surface area contributed by atoms with Gasteiger partial charge in [0.1, 0.15) is 0 Å². The molecule has 1 saturated carbocycles. The van der Waals surface area contributed by atoms with Gasteiger partial charge in [0.05, 0.1) is 18.9 Å². The topological polar surface area (TPSA) is 88.1 Å². The van der Waals surface area contributed by atoms with Crippen molar-refractivity contribution in [2.24, 2.45) is 0 Å². The molecule has 0 spiro atoms. The molecular weight excluding hydrogens is 592 g/mol. The number of amides is 1. The van der Waals surface area contributed by atoms with Crippen LogP contribution in [0.2, 0.25) is 0 Å². The van der Waals surface area contributed by atoms with E-state index in [1.165, 1.54) is 26.2 Å². The second-order valence-corrected chi connectivity index (χ2v) is 9.99. The van der Waals surface area contributed by atoms with Crippen molar-refractivity contribution in [3.8, 4) is 11.5 Å². The molecule has 0 heterocycles. The van der Waals surface area contributed by atoms with Crippen LogP contribution in [0, 0.1) is 0 Å². The lowest BCUT2D eigenvalue weighted by atomic mass is 9.92. The van der Waals surface area contributed by atoms with Crippen LogP contribution >= 0.6 is 44.3 Å². The summed E-state index contributed by atoms with van der Waals surface area (Å²) in [7, 11) is 3.49. The van der Waals surface area contributed by atoms with Crippen LogP contribution < -0.4 is 14.8 Å². The highest BCUT2D eigenvalue weighted by Crippen LogP contribution is 2.34. The molecule has 34 heavy (non-hydrogen) atoms. The molecule has 0 unspecified atom stereocenters. The quantitative estimate of drug-likeness (QED) is 0.312. The largest absolute Gasteiger partial charge is 0.493 e. The van der Waals surface area contributed by atoms with E-state index in [9.17, 15) is 14.7 Å². The molecule has 1 aliphatic rings. The fourth-order valence-corrected chi connectivity index (χ4v) is 5.48. The number of nitrogens with one attached hydrogen (secondary N) is 1. The summed E-state index contributed by atoms with van der Waals surface area (Å²) < 4.78 is 12.0. The van der Waals surface area contributed by atoms with Crippen LogP contribution in [0.15, 0.2) is 39.3 Å². The number of aliphatic hydroxyl groups is 1. The number of carbonyl (C=O) groups excluding carboxylic acids is 2. The second-order valence-electron chi connectivity index (χ2n) is 8.22. The van der Waals surface area contributed by atoms with E-state index >= 15 is 0 Å². The van der Waals surface area contributed by atoms with Crippen molar-refractivity contribution in [2.45, 2.75) is 51.3 Å². The lowest BCUT2D eigenvalue weighted by molar-refractivity contribution is -0.132. The highest BCUT2D eigenvalue weighted by atomic mass is 79.9. The lowest BCUT2D eigenvalue weighted by Crippen LogP contribution is -2.37. The van der Waals surface area contributed by atoms with Crippen molar-refractivity contribution in [3.63, 3.8) is 0 Å². The van der Waals surface area contributed by atoms with Gasteiger partial charge in [0.2, 0.25) is 0 Å². The van der Waals surface area contributed by atoms with E-state index in [1.807, 2.05) is 19.2 Å². The Kier molecular flexibility index (Phi) is 10.8. The van der Waals surface area contributed by atoms with Gasteiger partial charge < -0.3 is 19.9 Å². The van der Waals surface area contributed by atoms with Gasteiger partial charge in [-0.1, -0.05) is 15.9 Å². The van der Waals surface area contributed by atoms with Crippen LogP contribution in [0.4, 0.5) is 5.69 Å². The van der Waals surface area contributed by atoms with Crippen LogP contribution in [0.1, 0.15) is 48.5 Å². The Hall–Kier alpha value is -1.65. The first-order chi connectivity index (χ1) is 15.7. The molecule has 10 heteroatoms. The fourth-order valence-electron chi connectivity index (χ4n) is 4.06. The molecule has 2 aromatic rings. The number of nitrogens with zero attached hydrogens (tertiary/aromatic N) is 1. The number of methoxy groups -OCH3 is 1. The van der Waals surface area contributed by atoms with Crippen molar-refractivity contribution in [1.29, 1.82) is 0 Å². The Bertz CT molecular complexity index is 1040. The molecule has 2 atom stereocenters. The maximum Gasteiger partial charge on any atom is 0.308 e. The Balaban J connectivity index is 0.00000408. The molecule has 1 aliphatic carbocycles. The maximum atomic E-state index is 13.1. The molecule has 0 saturated heterocycles. The molecule has 3 rings (SSSR count). The lowest BCUT2D eigenvalue weighted by Gasteiger charge is -2.34. The van der Waals surface area contributed by atoms with Gasteiger partial charge in [-0.25, -0.2) is 0 Å². The van der Waals surface area contributed by atoms with Crippen molar-refractivity contribution in [1.82, 2.24) is 4.90 Å². The predicted octanol–water partition coefficient (Wildman–Crippen LogP) is 5.55. The molecule has 2 N–H and O–H groups in total. The summed E-state index contributed by atoms with van der Waals surface area (Å²) in [6.07, 6.45) is 3.39. The van der Waals surface area contributed by atoms with Crippen molar-refractivity contribution in [3.05, 3.63) is 50.4 Å². The monoisotopic (exact) mass is 618 g/mol. The standard InChI is InChI=1S/C24H28Br2N2O5.ClH/c1-14(29)33-21-8-7-15(10-22(21)32-3)24(31)27-23-16(9-17(25)11-20(23)26)13-28(2)18-5-4-6-19(30)12-18;/h7-11,18-19,30H,4-6,12-13H2,1-3H3,(H,27,31);1H/t18-,19+;/m1./s1. The van der Waals surface area contributed by atoms with E-state index in [4.69, 9.17) is 9.47 Å². The van der Waals surface area contributed by atoms with Gasteiger partial charge in [0.15, 0.2) is 11.5 Å². The third kappa shape index (κ3) is 7.42. The smallest absolute Gasteiger partial charge is 0.308 e. The zero-order valence-corrected chi connectivity index (χ0v) is 23.3. The molecule has 1 fully saturated rings. The normalized spacial score (nSPS) is 17.6. The molecule has 0 aliphatic heterocycles. The molecule has 186 valence electrons. The first kappa shape index (κ1) is 28.6. The van der Waals surface area contributed by atoms with Crippen molar-refractivity contribution in [2.75, 3.05) is 19.5 Å². The zero-order valence-electron chi connectivity index (χ0n) is 19.3. The summed E-state index contributed by atoms with van der Waals surface area (Å²) in [5.74, 6) is -0.238. The summed E-state index contributed by atoms with van der Waals surface area (Å²) in [4.78, 5) is 26.6. The van der Waals surface area contributed by atoms with Gasteiger partial charge in [0, 0.05) is 34.0 Å². The highest BCUT2D eigenvalue weighted by Gasteiger charge is 2.25. The average Bonchev–Trinajstić information content (AvgIpc) is 2.75. The van der Waals surface area contributed by atoms with Gasteiger partial charge in [-0.15, -0.1) is 12.4 Å². The molecular formula is C24H29Br2ClN2O5. The summed E-state index contributed by atoms with van der Waals surface area (Å²) in [5, 5.41) is 13.1. The number of esters is 1. The van der Waals surface area contributed by atoms with E-state index in [0.717, 1.165) is 40.2 Å². The molecule has 0 bridgehead atoms. The first-order valence-electron chi connectivity index (χ1n) is 10.7. The van der Waals surface area contributed by atoms with Gasteiger partial charge in [-0.2, -0.15) is 0 Å². The molecule has 1 amide bonds. The van der Waals surface area contributed by atoms with Gasteiger partial charge >= 0.3 is 5.97 Å². The molecule has 0 radical (unpaired) electrons. The minimum absolute atomic E-state index is 0. The predicted molar refractivity (Wildman–Crippen MR) is 141 cm³/mol. The van der Waals surface area contributed by atoms with E-state index in [-0.39, 0.29) is 36.2 Å². The third-order valence-electron chi connectivity index (χ3n) is 5.72. The number of benzene rings is 2. The number of hydrogen-bond acceptors (Lipinski definition) is 6. The average molecular weight is 621 g/mol. The van der Waals surface area contributed by atoms with E-state index < -0.39 is 5.97 Å². The SMILES string of the molecule is COc1cc(C(=O)Nc2c(Br)cc(Br)cc2CN(C)[C@@H]2CCC[C@H](O)C2)ccc1OC(C)=O.Cl. The van der Waals surface area contributed by atoms with Gasteiger partial charge in [0.25, 0.3) is 5.91 Å². The number of aliphatic hydroxyl groups excluding tert-OH is 1. The summed E-state index contributed by atoms with van der Waals surface area (Å²) in [6.45, 7) is 1.91.